The first-order valence-corrected chi connectivity index (χ1v) is 3.87. The summed E-state index contributed by atoms with van der Waals surface area (Å²) < 4.78 is 4.72. The molecule has 13 heavy (non-hydrogen) atoms. The summed E-state index contributed by atoms with van der Waals surface area (Å²) in [5.41, 5.74) is -0.377. The molecular weight excluding hydrogens is 172 g/mol. The summed E-state index contributed by atoms with van der Waals surface area (Å²) in [6.07, 6.45) is 2.18. The maximum Gasteiger partial charge on any atom is 0.251 e. The smallest absolute Gasteiger partial charge is 0.251 e. The average Bonchev–Trinajstić information content (AvgIpc) is 2.08. The van der Waals surface area contributed by atoms with Gasteiger partial charge in [-0.15, -0.1) is 0 Å². The third kappa shape index (κ3) is 1.81. The van der Waals surface area contributed by atoms with Crippen molar-refractivity contribution < 1.29 is 9.52 Å². The highest BCUT2D eigenvalue weighted by molar-refractivity contribution is 5.45. The van der Waals surface area contributed by atoms with E-state index < -0.39 is 11.2 Å². The van der Waals surface area contributed by atoms with Crippen LogP contribution < -0.4 is 16.3 Å². The van der Waals surface area contributed by atoms with Gasteiger partial charge in [0.1, 0.15) is 18.2 Å². The Labute approximate surface area is 75.4 Å². The first-order valence-electron chi connectivity index (χ1n) is 3.87. The van der Waals surface area contributed by atoms with Crippen molar-refractivity contribution in [2.45, 2.75) is 19.9 Å². The van der Waals surface area contributed by atoms with Crippen LogP contribution in [-0.2, 0) is 0 Å². The van der Waals surface area contributed by atoms with E-state index >= 15 is 0 Å². The summed E-state index contributed by atoms with van der Waals surface area (Å²) in [6, 6.07) is -0.0373. The Balaban J connectivity index is 3.16. The van der Waals surface area contributed by atoms with E-state index in [2.05, 4.69) is 0 Å². The van der Waals surface area contributed by atoms with E-state index in [1.54, 1.807) is 0 Å². The van der Waals surface area contributed by atoms with Gasteiger partial charge in [0.15, 0.2) is 0 Å². The van der Waals surface area contributed by atoms with Crippen LogP contribution in [0.4, 0.5) is 5.69 Å². The quantitative estimate of drug-likeness (QED) is 0.514. The van der Waals surface area contributed by atoms with Crippen LogP contribution >= 0.6 is 0 Å². The standard InChI is InChI=1S/C8H12N2O3/c1-5(2)10(9)6-3-13-4-7(11)8(6)12/h3-5,11H,9H2,1-2H3. The van der Waals surface area contributed by atoms with Crippen LogP contribution in [0, 0.1) is 0 Å². The molecule has 0 aliphatic heterocycles. The van der Waals surface area contributed by atoms with Crippen molar-refractivity contribution in [1.29, 1.82) is 0 Å². The number of nitrogens with zero attached hydrogens (tertiary/aromatic N) is 1. The minimum Gasteiger partial charge on any atom is -0.502 e. The maximum atomic E-state index is 11.3. The molecule has 0 atom stereocenters. The molecule has 0 saturated carbocycles. The molecule has 0 saturated heterocycles. The highest BCUT2D eigenvalue weighted by Gasteiger charge is 2.12. The molecule has 1 heterocycles. The Kier molecular flexibility index (Phi) is 2.57. The molecule has 0 aliphatic carbocycles. The maximum absolute atomic E-state index is 11.3. The zero-order chi connectivity index (χ0) is 10.0. The van der Waals surface area contributed by atoms with E-state index in [9.17, 15) is 4.79 Å². The Morgan fingerprint density at radius 1 is 1.54 bits per heavy atom. The van der Waals surface area contributed by atoms with Gasteiger partial charge in [0, 0.05) is 6.04 Å². The van der Waals surface area contributed by atoms with E-state index in [0.29, 0.717) is 0 Å². The van der Waals surface area contributed by atoms with Crippen LogP contribution in [0.1, 0.15) is 13.8 Å². The number of hydrogen-bond donors (Lipinski definition) is 2. The summed E-state index contributed by atoms with van der Waals surface area (Å²) in [6.45, 7) is 3.65. The lowest BCUT2D eigenvalue weighted by Gasteiger charge is -2.21. The molecule has 3 N–H and O–H groups in total. The lowest BCUT2D eigenvalue weighted by atomic mass is 10.3. The van der Waals surface area contributed by atoms with Gasteiger partial charge in [-0.3, -0.25) is 4.79 Å². The Morgan fingerprint density at radius 3 is 2.69 bits per heavy atom. The van der Waals surface area contributed by atoms with Gasteiger partial charge in [-0.2, -0.15) is 0 Å². The molecule has 0 fully saturated rings. The SMILES string of the molecule is CC(C)N(N)c1cocc(O)c1=O. The Morgan fingerprint density at radius 2 is 2.15 bits per heavy atom. The van der Waals surface area contributed by atoms with Gasteiger partial charge in [0.25, 0.3) is 5.43 Å². The predicted octanol–water partition coefficient (Wildman–Crippen LogP) is 0.434. The van der Waals surface area contributed by atoms with E-state index in [1.807, 2.05) is 13.8 Å². The van der Waals surface area contributed by atoms with E-state index in [0.717, 1.165) is 6.26 Å². The largest absolute Gasteiger partial charge is 0.502 e. The molecule has 0 bridgehead atoms. The molecule has 1 rings (SSSR count). The summed E-state index contributed by atoms with van der Waals surface area (Å²) in [5.74, 6) is 5.13. The second-order valence-corrected chi connectivity index (χ2v) is 2.97. The third-order valence-corrected chi connectivity index (χ3v) is 1.66. The van der Waals surface area contributed by atoms with Gasteiger partial charge >= 0.3 is 0 Å². The Hall–Kier alpha value is -1.49. The second kappa shape index (κ2) is 3.49. The van der Waals surface area contributed by atoms with Crippen LogP contribution in [0.5, 0.6) is 5.75 Å². The fourth-order valence-corrected chi connectivity index (χ4v) is 0.857. The summed E-state index contributed by atoms with van der Waals surface area (Å²) >= 11 is 0. The van der Waals surface area contributed by atoms with Crippen molar-refractivity contribution >= 4 is 5.69 Å². The van der Waals surface area contributed by atoms with Crippen molar-refractivity contribution in [2.75, 3.05) is 5.01 Å². The van der Waals surface area contributed by atoms with Crippen molar-refractivity contribution in [1.82, 2.24) is 0 Å². The van der Waals surface area contributed by atoms with Crippen LogP contribution in [0.25, 0.3) is 0 Å². The number of rotatable bonds is 2. The first kappa shape index (κ1) is 9.60. The summed E-state index contributed by atoms with van der Waals surface area (Å²) in [7, 11) is 0. The van der Waals surface area contributed by atoms with Crippen molar-refractivity contribution in [2.24, 2.45) is 5.84 Å². The van der Waals surface area contributed by atoms with Crippen molar-refractivity contribution in [3.63, 3.8) is 0 Å². The van der Waals surface area contributed by atoms with Crippen molar-refractivity contribution in [3.05, 3.63) is 22.7 Å². The van der Waals surface area contributed by atoms with E-state index in [-0.39, 0.29) is 11.7 Å². The summed E-state index contributed by atoms with van der Waals surface area (Å²) in [5, 5.41) is 10.3. The van der Waals surface area contributed by atoms with Crippen LogP contribution in [0.2, 0.25) is 0 Å². The van der Waals surface area contributed by atoms with Gasteiger partial charge in [0.05, 0.1) is 0 Å². The van der Waals surface area contributed by atoms with E-state index in [1.165, 1.54) is 11.3 Å². The fourth-order valence-electron chi connectivity index (χ4n) is 0.857. The molecule has 1 aromatic rings. The number of hydrogen-bond acceptors (Lipinski definition) is 5. The molecule has 0 unspecified atom stereocenters. The molecule has 0 amide bonds. The predicted molar refractivity (Wildman–Crippen MR) is 48.4 cm³/mol. The van der Waals surface area contributed by atoms with Crippen molar-refractivity contribution in [3.8, 4) is 5.75 Å². The molecule has 1 aromatic heterocycles. The zero-order valence-electron chi connectivity index (χ0n) is 7.52. The monoisotopic (exact) mass is 184 g/mol. The van der Waals surface area contributed by atoms with Crippen LogP contribution in [0.15, 0.2) is 21.7 Å². The number of anilines is 1. The molecule has 0 radical (unpaired) electrons. The lowest BCUT2D eigenvalue weighted by Crippen LogP contribution is -2.40. The highest BCUT2D eigenvalue weighted by Crippen LogP contribution is 2.11. The minimum absolute atomic E-state index is 0.0373. The van der Waals surface area contributed by atoms with Crippen LogP contribution in [-0.4, -0.2) is 11.1 Å². The first-order chi connectivity index (χ1) is 6.04. The normalized spacial score (nSPS) is 10.5. The summed E-state index contributed by atoms with van der Waals surface area (Å²) in [4.78, 5) is 11.3. The fraction of sp³-hybridized carbons (Fsp3) is 0.375. The van der Waals surface area contributed by atoms with Gasteiger partial charge in [-0.25, -0.2) is 5.84 Å². The van der Waals surface area contributed by atoms with Gasteiger partial charge < -0.3 is 14.5 Å². The molecule has 72 valence electrons. The molecule has 5 heteroatoms. The molecule has 5 nitrogen and oxygen atoms in total. The lowest BCUT2D eigenvalue weighted by molar-refractivity contribution is 0.428. The molecule has 0 spiro atoms. The van der Waals surface area contributed by atoms with Gasteiger partial charge in [-0.05, 0) is 13.8 Å². The van der Waals surface area contributed by atoms with Gasteiger partial charge in [-0.1, -0.05) is 0 Å². The topological polar surface area (TPSA) is 79.7 Å². The average molecular weight is 184 g/mol. The third-order valence-electron chi connectivity index (χ3n) is 1.66. The Bertz CT molecular complexity index is 345. The second-order valence-electron chi connectivity index (χ2n) is 2.97. The molecule has 0 aromatic carbocycles. The zero-order valence-corrected chi connectivity index (χ0v) is 7.52. The highest BCUT2D eigenvalue weighted by atomic mass is 16.3. The van der Waals surface area contributed by atoms with E-state index in [4.69, 9.17) is 15.4 Å². The van der Waals surface area contributed by atoms with Crippen LogP contribution in [0.3, 0.4) is 0 Å². The number of aromatic hydroxyl groups is 1. The number of nitrogens with two attached hydrogens (primary N) is 1. The number of hydrazine groups is 1. The minimum atomic E-state index is -0.526. The molecule has 0 aliphatic rings. The van der Waals surface area contributed by atoms with Gasteiger partial charge in [0.2, 0.25) is 5.75 Å². The molecular formula is C8H12N2O3.